The molecule has 1 N–H and O–H groups in total. The van der Waals surface area contributed by atoms with Gasteiger partial charge in [0.05, 0.1) is 34.4 Å². The van der Waals surface area contributed by atoms with Gasteiger partial charge >= 0.3 is 17.9 Å². The van der Waals surface area contributed by atoms with Gasteiger partial charge in [0.2, 0.25) is 0 Å². The number of hydrogen-bond donors (Lipinski definition) is 1. The lowest BCUT2D eigenvalue weighted by Gasteiger charge is -2.31. The van der Waals surface area contributed by atoms with Crippen LogP contribution >= 0.6 is 0 Å². The number of carbonyl (C=O) groups is 3. The number of hydrogen-bond acceptors (Lipinski definition) is 6. The average Bonchev–Trinajstić information content (AvgIpc) is 3.30. The van der Waals surface area contributed by atoms with Crippen LogP contribution < -0.4 is 0 Å². The first-order chi connectivity index (χ1) is 33.1. The third-order valence-corrected chi connectivity index (χ3v) is 12.3. The quantitative estimate of drug-likeness (QED) is 0.0281. The normalized spacial score (nSPS) is 13.4. The molecule has 0 amide bonds. The first-order valence-electron chi connectivity index (χ1n) is 28.0. The number of unbranched alkanes of at least 4 members (excludes halogenated alkanes) is 24. The van der Waals surface area contributed by atoms with Crippen LogP contribution in [0.4, 0.5) is 0 Å². The van der Waals surface area contributed by atoms with Crippen molar-refractivity contribution in [3.05, 3.63) is 72.9 Å². The fourth-order valence-electron chi connectivity index (χ4n) is 7.99. The Morgan fingerprint density at radius 2 is 0.779 bits per heavy atom. The van der Waals surface area contributed by atoms with Crippen molar-refractivity contribution in [2.24, 2.45) is 0 Å². The van der Waals surface area contributed by atoms with Crippen LogP contribution in [0, 0.1) is 0 Å². The third kappa shape index (κ3) is 47.8. The molecule has 2 unspecified atom stereocenters. The van der Waals surface area contributed by atoms with E-state index < -0.39 is 18.1 Å². The van der Waals surface area contributed by atoms with Crippen LogP contribution in [0.15, 0.2) is 72.9 Å². The van der Waals surface area contributed by atoms with E-state index in [0.717, 1.165) is 89.9 Å². The topological polar surface area (TPSA) is 99.1 Å². The standard InChI is InChI=1S/C60H105NO7/c1-6-8-10-12-14-16-18-20-22-24-26-28-29-31-32-34-36-38-40-42-44-46-48-50-58(62)67-55-56(54-66-53-52-57(60(64)65)61(3,4)5)68-59(63)51-49-47-45-43-41-39-37-35-33-30-27-25-23-21-19-17-15-13-11-9-7-2/h15,17,21,23,26-28,30-32,35,37,56-57H,6-14,16,18-20,22,24-25,29,33-34,36,38-55H2,1-5H3/p+1/b17-15+,23-21+,28-26+,30-27+,32-31+,37-35+. The van der Waals surface area contributed by atoms with Crippen molar-refractivity contribution in [2.75, 3.05) is 41.0 Å². The molecule has 0 spiro atoms. The summed E-state index contributed by atoms with van der Waals surface area (Å²) < 4.78 is 17.4. The van der Waals surface area contributed by atoms with E-state index in [9.17, 15) is 19.5 Å². The van der Waals surface area contributed by atoms with Crippen LogP contribution in [0.1, 0.15) is 239 Å². The summed E-state index contributed by atoms with van der Waals surface area (Å²) in [5.74, 6) is -1.50. The fourth-order valence-corrected chi connectivity index (χ4v) is 7.99. The van der Waals surface area contributed by atoms with Crippen molar-refractivity contribution >= 4 is 17.9 Å². The number of aliphatic carboxylic acids is 1. The van der Waals surface area contributed by atoms with E-state index in [1.54, 1.807) is 0 Å². The molecule has 8 heteroatoms. The molecule has 0 aromatic rings. The van der Waals surface area contributed by atoms with E-state index in [1.807, 2.05) is 21.1 Å². The maximum Gasteiger partial charge on any atom is 0.362 e. The minimum Gasteiger partial charge on any atom is -0.477 e. The van der Waals surface area contributed by atoms with Gasteiger partial charge in [-0.1, -0.05) is 202 Å². The molecule has 0 aliphatic heterocycles. The molecule has 68 heavy (non-hydrogen) atoms. The fraction of sp³-hybridized carbons (Fsp3) is 0.750. The van der Waals surface area contributed by atoms with Gasteiger partial charge in [-0.15, -0.1) is 0 Å². The van der Waals surface area contributed by atoms with Crippen LogP contribution in [0.5, 0.6) is 0 Å². The van der Waals surface area contributed by atoms with E-state index in [2.05, 4.69) is 86.8 Å². The number of nitrogens with zero attached hydrogens (tertiary/aromatic N) is 1. The monoisotopic (exact) mass is 953 g/mol. The predicted molar refractivity (Wildman–Crippen MR) is 289 cm³/mol. The zero-order chi connectivity index (χ0) is 49.9. The highest BCUT2D eigenvalue weighted by atomic mass is 16.6. The Morgan fingerprint density at radius 3 is 1.18 bits per heavy atom. The summed E-state index contributed by atoms with van der Waals surface area (Å²) in [7, 11) is 5.53. The van der Waals surface area contributed by atoms with E-state index in [-0.39, 0.29) is 36.2 Å². The summed E-state index contributed by atoms with van der Waals surface area (Å²) in [6.07, 6.45) is 65.3. The number of rotatable bonds is 50. The third-order valence-electron chi connectivity index (χ3n) is 12.3. The minimum atomic E-state index is -0.880. The number of carboxylic acid groups (broad SMARTS) is 1. The summed E-state index contributed by atoms with van der Waals surface area (Å²) in [5.41, 5.74) is 0. The Bertz CT molecular complexity index is 1340. The molecule has 0 aliphatic carbocycles. The summed E-state index contributed by atoms with van der Waals surface area (Å²) >= 11 is 0. The molecule has 0 aromatic heterocycles. The molecule has 0 radical (unpaired) electrons. The zero-order valence-electron chi connectivity index (χ0n) is 44.8. The number of likely N-dealkylation sites (N-methyl/N-ethyl adjacent to an activating group) is 1. The number of esters is 2. The molecular weight excluding hydrogens is 847 g/mol. The number of ether oxygens (including phenoxy) is 3. The molecular formula is C60H106NO7+. The van der Waals surface area contributed by atoms with E-state index in [0.29, 0.717) is 19.3 Å². The summed E-state index contributed by atoms with van der Waals surface area (Å²) in [6, 6.07) is -0.624. The van der Waals surface area contributed by atoms with E-state index in [1.165, 1.54) is 116 Å². The van der Waals surface area contributed by atoms with Crippen molar-refractivity contribution in [1.82, 2.24) is 0 Å². The van der Waals surface area contributed by atoms with E-state index >= 15 is 0 Å². The van der Waals surface area contributed by atoms with Gasteiger partial charge in [-0.05, 0) is 89.9 Å². The smallest absolute Gasteiger partial charge is 0.362 e. The SMILES string of the molecule is CCCCC/C=C/C/C=C/C/C=C/C/C=C/CCCCCCCC(=O)OC(COCCC(C(=O)O)[N+](C)(C)C)COC(=O)CCCCCCCCC/C=C/C/C=C/CCCCCCCCCCC. The maximum atomic E-state index is 12.8. The molecule has 0 fully saturated rings. The van der Waals surface area contributed by atoms with Crippen LogP contribution in [0.25, 0.3) is 0 Å². The van der Waals surface area contributed by atoms with Gasteiger partial charge < -0.3 is 23.8 Å². The second-order valence-electron chi connectivity index (χ2n) is 19.8. The Balaban J connectivity index is 4.26. The molecule has 0 saturated carbocycles. The first kappa shape index (κ1) is 64.8. The molecule has 0 bridgehead atoms. The second kappa shape index (κ2) is 50.2. The molecule has 8 nitrogen and oxygen atoms in total. The lowest BCUT2D eigenvalue weighted by atomic mass is 10.1. The molecule has 392 valence electrons. The van der Waals surface area contributed by atoms with E-state index in [4.69, 9.17) is 14.2 Å². The molecule has 2 atom stereocenters. The predicted octanol–water partition coefficient (Wildman–Crippen LogP) is 16.6. The lowest BCUT2D eigenvalue weighted by molar-refractivity contribution is -0.887. The van der Waals surface area contributed by atoms with Gasteiger partial charge in [-0.2, -0.15) is 0 Å². The Morgan fingerprint density at radius 1 is 0.441 bits per heavy atom. The van der Waals surface area contributed by atoms with Gasteiger partial charge in [-0.25, -0.2) is 4.79 Å². The van der Waals surface area contributed by atoms with Crippen LogP contribution in [0.3, 0.4) is 0 Å². The van der Waals surface area contributed by atoms with Gasteiger partial charge in [-0.3, -0.25) is 9.59 Å². The summed E-state index contributed by atoms with van der Waals surface area (Å²) in [4.78, 5) is 37.3. The van der Waals surface area contributed by atoms with Gasteiger partial charge in [0.15, 0.2) is 12.1 Å². The second-order valence-corrected chi connectivity index (χ2v) is 19.8. The van der Waals surface area contributed by atoms with Gasteiger partial charge in [0.1, 0.15) is 6.61 Å². The van der Waals surface area contributed by atoms with Crippen molar-refractivity contribution in [2.45, 2.75) is 251 Å². The maximum absolute atomic E-state index is 12.8. The van der Waals surface area contributed by atoms with Crippen molar-refractivity contribution in [3.63, 3.8) is 0 Å². The number of quaternary nitrogens is 1. The molecule has 0 rings (SSSR count). The highest BCUT2D eigenvalue weighted by Crippen LogP contribution is 2.15. The number of carbonyl (C=O) groups excluding carboxylic acids is 2. The van der Waals surface area contributed by atoms with Crippen molar-refractivity contribution in [3.8, 4) is 0 Å². The van der Waals surface area contributed by atoms with Gasteiger partial charge in [0.25, 0.3) is 0 Å². The average molecular weight is 954 g/mol. The summed E-state index contributed by atoms with van der Waals surface area (Å²) in [5, 5.41) is 9.67. The molecule has 0 saturated heterocycles. The Hall–Kier alpha value is -3.23. The number of allylic oxidation sites excluding steroid dienone is 12. The minimum absolute atomic E-state index is 0.0479. The molecule has 0 aromatic carbocycles. The first-order valence-corrected chi connectivity index (χ1v) is 28.0. The largest absolute Gasteiger partial charge is 0.477 e. The van der Waals surface area contributed by atoms with Crippen molar-refractivity contribution < 1.29 is 38.2 Å². The molecule has 0 heterocycles. The highest BCUT2D eigenvalue weighted by molar-refractivity contribution is 5.72. The number of carboxylic acids is 1. The zero-order valence-corrected chi connectivity index (χ0v) is 44.8. The van der Waals surface area contributed by atoms with Gasteiger partial charge in [0, 0.05) is 19.3 Å². The van der Waals surface area contributed by atoms with Crippen LogP contribution in [0.2, 0.25) is 0 Å². The summed E-state index contributed by atoms with van der Waals surface area (Å²) in [6.45, 7) is 4.70. The highest BCUT2D eigenvalue weighted by Gasteiger charge is 2.31. The lowest BCUT2D eigenvalue weighted by Crippen LogP contribution is -2.50. The molecule has 0 aliphatic rings. The van der Waals surface area contributed by atoms with Crippen LogP contribution in [-0.4, -0.2) is 80.6 Å². The van der Waals surface area contributed by atoms with Crippen LogP contribution in [-0.2, 0) is 28.6 Å². The Kier molecular flexibility index (Phi) is 47.8. The Labute approximate surface area is 419 Å². The van der Waals surface area contributed by atoms with Crippen molar-refractivity contribution in [1.29, 1.82) is 0 Å².